The summed E-state index contributed by atoms with van der Waals surface area (Å²) in [5.41, 5.74) is -0.452. The molecule has 0 aromatic heterocycles. The van der Waals surface area contributed by atoms with Crippen LogP contribution in [-0.2, 0) is 14.8 Å². The lowest BCUT2D eigenvalue weighted by Crippen LogP contribution is -2.48. The summed E-state index contributed by atoms with van der Waals surface area (Å²) in [6.07, 6.45) is 4.67. The van der Waals surface area contributed by atoms with E-state index >= 15 is 0 Å². The number of carbonyl (C=O) groups is 1. The second-order valence-corrected chi connectivity index (χ2v) is 6.10. The van der Waals surface area contributed by atoms with E-state index in [9.17, 15) is 13.2 Å². The van der Waals surface area contributed by atoms with Gasteiger partial charge in [0, 0.05) is 5.54 Å². The highest BCUT2D eigenvalue weighted by Gasteiger charge is 2.32. The first kappa shape index (κ1) is 12.4. The van der Waals surface area contributed by atoms with Crippen molar-refractivity contribution in [1.29, 1.82) is 0 Å². The quantitative estimate of drug-likeness (QED) is 0.751. The van der Waals surface area contributed by atoms with Crippen molar-refractivity contribution in [3.8, 4) is 0 Å². The van der Waals surface area contributed by atoms with Gasteiger partial charge < -0.3 is 5.11 Å². The lowest BCUT2D eigenvalue weighted by molar-refractivity contribution is -0.134. The summed E-state index contributed by atoms with van der Waals surface area (Å²) in [4.78, 5) is 10.3. The normalized spacial score (nSPS) is 21.1. The average Bonchev–Trinajstić information content (AvgIpc) is 1.99. The molecule has 6 heteroatoms. The predicted octanol–water partition coefficient (Wildman–Crippen LogP) is 0.713. The second kappa shape index (κ2) is 4.49. The van der Waals surface area contributed by atoms with Gasteiger partial charge >= 0.3 is 5.97 Å². The number of rotatable bonds is 4. The van der Waals surface area contributed by atoms with E-state index in [4.69, 9.17) is 5.11 Å². The van der Waals surface area contributed by atoms with Crippen molar-refractivity contribution in [2.45, 2.75) is 44.6 Å². The summed E-state index contributed by atoms with van der Waals surface area (Å²) in [6.45, 7) is 1.84. The Morgan fingerprint density at radius 3 is 2.33 bits per heavy atom. The smallest absolute Gasteiger partial charge is 0.320 e. The first-order valence-electron chi connectivity index (χ1n) is 5.06. The largest absolute Gasteiger partial charge is 0.480 e. The van der Waals surface area contributed by atoms with Crippen LogP contribution >= 0.6 is 0 Å². The molecular formula is C9H17NO4S. The van der Waals surface area contributed by atoms with Gasteiger partial charge in [-0.05, 0) is 19.8 Å². The van der Waals surface area contributed by atoms with Crippen LogP contribution in [0.15, 0.2) is 0 Å². The van der Waals surface area contributed by atoms with Crippen molar-refractivity contribution in [3.63, 3.8) is 0 Å². The molecule has 0 aromatic rings. The Bertz CT molecular complexity index is 330. The van der Waals surface area contributed by atoms with Gasteiger partial charge in [-0.25, -0.2) is 13.1 Å². The van der Waals surface area contributed by atoms with Crippen LogP contribution in [0.25, 0.3) is 0 Å². The first-order valence-corrected chi connectivity index (χ1v) is 6.72. The molecule has 0 aromatic carbocycles. The first-order chi connectivity index (χ1) is 6.83. The van der Waals surface area contributed by atoms with Crippen LogP contribution in [0.5, 0.6) is 0 Å². The summed E-state index contributed by atoms with van der Waals surface area (Å²) < 4.78 is 25.3. The van der Waals surface area contributed by atoms with Crippen molar-refractivity contribution >= 4 is 16.0 Å². The van der Waals surface area contributed by atoms with E-state index in [1.807, 2.05) is 6.92 Å². The van der Waals surface area contributed by atoms with E-state index in [1.54, 1.807) is 0 Å². The molecule has 1 rings (SSSR count). The molecule has 0 heterocycles. The highest BCUT2D eigenvalue weighted by Crippen LogP contribution is 2.28. The molecule has 0 amide bonds. The van der Waals surface area contributed by atoms with Crippen LogP contribution in [0.4, 0.5) is 0 Å². The standard InChI is InChI=1S/C9H17NO4S/c1-9(5-3-2-4-6-9)10-15(13,14)7-8(11)12/h10H,2-7H2,1H3,(H,11,12). The summed E-state index contributed by atoms with van der Waals surface area (Å²) in [5.74, 6) is -2.16. The molecule has 0 saturated heterocycles. The zero-order valence-electron chi connectivity index (χ0n) is 8.82. The number of nitrogens with one attached hydrogen (secondary N) is 1. The topological polar surface area (TPSA) is 83.5 Å². The summed E-state index contributed by atoms with van der Waals surface area (Å²) in [5, 5.41) is 8.44. The van der Waals surface area contributed by atoms with Crippen molar-refractivity contribution in [1.82, 2.24) is 4.72 Å². The molecular weight excluding hydrogens is 218 g/mol. The lowest BCUT2D eigenvalue weighted by Gasteiger charge is -2.33. The zero-order valence-corrected chi connectivity index (χ0v) is 9.64. The summed E-state index contributed by atoms with van der Waals surface area (Å²) in [7, 11) is -3.69. The summed E-state index contributed by atoms with van der Waals surface area (Å²) in [6, 6.07) is 0. The van der Waals surface area contributed by atoms with E-state index in [-0.39, 0.29) is 0 Å². The average molecular weight is 235 g/mol. The molecule has 5 nitrogen and oxygen atoms in total. The van der Waals surface area contributed by atoms with Gasteiger partial charge in [-0.2, -0.15) is 0 Å². The molecule has 1 aliphatic rings. The van der Waals surface area contributed by atoms with Gasteiger partial charge in [-0.15, -0.1) is 0 Å². The maximum absolute atomic E-state index is 11.4. The van der Waals surface area contributed by atoms with Gasteiger partial charge in [0.15, 0.2) is 5.75 Å². The minimum atomic E-state index is -3.69. The number of carboxylic acids is 1. The van der Waals surface area contributed by atoms with Gasteiger partial charge in [0.05, 0.1) is 0 Å². The third-order valence-electron chi connectivity index (χ3n) is 2.67. The van der Waals surface area contributed by atoms with E-state index in [0.717, 1.165) is 32.1 Å². The van der Waals surface area contributed by atoms with E-state index in [2.05, 4.69) is 4.72 Å². The van der Waals surface area contributed by atoms with Crippen molar-refractivity contribution in [2.75, 3.05) is 5.75 Å². The van der Waals surface area contributed by atoms with Crippen LogP contribution in [-0.4, -0.2) is 30.8 Å². The van der Waals surface area contributed by atoms with Crippen LogP contribution in [0.1, 0.15) is 39.0 Å². The Labute approximate surface area is 89.9 Å². The summed E-state index contributed by atoms with van der Waals surface area (Å²) >= 11 is 0. The molecule has 0 radical (unpaired) electrons. The molecule has 0 atom stereocenters. The number of sulfonamides is 1. The molecule has 2 N–H and O–H groups in total. The van der Waals surface area contributed by atoms with E-state index < -0.39 is 27.3 Å². The van der Waals surface area contributed by atoms with Gasteiger partial charge in [-0.1, -0.05) is 19.3 Å². The Kier molecular flexibility index (Phi) is 3.72. The molecule has 88 valence electrons. The van der Waals surface area contributed by atoms with Crippen molar-refractivity contribution in [3.05, 3.63) is 0 Å². The van der Waals surface area contributed by atoms with Crippen LogP contribution < -0.4 is 4.72 Å². The Morgan fingerprint density at radius 1 is 1.33 bits per heavy atom. The van der Waals surface area contributed by atoms with Crippen molar-refractivity contribution < 1.29 is 18.3 Å². The van der Waals surface area contributed by atoms with Gasteiger partial charge in [0.2, 0.25) is 10.0 Å². The highest BCUT2D eigenvalue weighted by molar-refractivity contribution is 7.90. The third-order valence-corrected chi connectivity index (χ3v) is 4.10. The van der Waals surface area contributed by atoms with Gasteiger partial charge in [0.25, 0.3) is 0 Å². The number of hydrogen-bond acceptors (Lipinski definition) is 3. The minimum Gasteiger partial charge on any atom is -0.480 e. The molecule has 1 aliphatic carbocycles. The number of carboxylic acid groups (broad SMARTS) is 1. The fourth-order valence-corrected chi connectivity index (χ4v) is 3.36. The molecule has 0 unspecified atom stereocenters. The highest BCUT2D eigenvalue weighted by atomic mass is 32.2. The molecule has 1 fully saturated rings. The Morgan fingerprint density at radius 2 is 1.87 bits per heavy atom. The van der Waals surface area contributed by atoms with Gasteiger partial charge in [0.1, 0.15) is 0 Å². The second-order valence-electron chi connectivity index (χ2n) is 4.38. The predicted molar refractivity (Wildman–Crippen MR) is 56.0 cm³/mol. The molecule has 15 heavy (non-hydrogen) atoms. The lowest BCUT2D eigenvalue weighted by atomic mass is 9.84. The fraction of sp³-hybridized carbons (Fsp3) is 0.889. The van der Waals surface area contributed by atoms with Crippen molar-refractivity contribution in [2.24, 2.45) is 0 Å². The van der Waals surface area contributed by atoms with E-state index in [0.29, 0.717) is 0 Å². The van der Waals surface area contributed by atoms with Crippen LogP contribution in [0, 0.1) is 0 Å². The van der Waals surface area contributed by atoms with Crippen LogP contribution in [0.3, 0.4) is 0 Å². The maximum atomic E-state index is 11.4. The number of hydrogen-bond donors (Lipinski definition) is 2. The van der Waals surface area contributed by atoms with Gasteiger partial charge in [-0.3, -0.25) is 4.79 Å². The monoisotopic (exact) mass is 235 g/mol. The Balaban J connectivity index is 2.62. The molecule has 1 saturated carbocycles. The molecule has 0 bridgehead atoms. The third kappa shape index (κ3) is 4.17. The van der Waals surface area contributed by atoms with E-state index in [1.165, 1.54) is 0 Å². The maximum Gasteiger partial charge on any atom is 0.320 e. The molecule has 0 aliphatic heterocycles. The zero-order chi connectivity index (χ0) is 11.5. The number of aliphatic carboxylic acids is 1. The SMILES string of the molecule is CC1(NS(=O)(=O)CC(=O)O)CCCCC1. The molecule has 0 spiro atoms. The van der Waals surface area contributed by atoms with Crippen LogP contribution in [0.2, 0.25) is 0 Å². The minimum absolute atomic E-state index is 0.452. The Hall–Kier alpha value is -0.620. The fourth-order valence-electron chi connectivity index (χ4n) is 2.01.